The molecule has 3 nitrogen and oxygen atoms in total. The summed E-state index contributed by atoms with van der Waals surface area (Å²) in [5.41, 5.74) is 7.55. The highest BCUT2D eigenvalue weighted by molar-refractivity contribution is 5.19. The summed E-state index contributed by atoms with van der Waals surface area (Å²) in [6.07, 6.45) is 4.25. The van der Waals surface area contributed by atoms with Crippen LogP contribution in [0.1, 0.15) is 44.2 Å². The number of nitrogens with two attached hydrogens (primary N) is 1. The van der Waals surface area contributed by atoms with Gasteiger partial charge in [-0.3, -0.25) is 0 Å². The van der Waals surface area contributed by atoms with E-state index in [0.29, 0.717) is 12.0 Å². The molecule has 3 heteroatoms. The lowest BCUT2D eigenvalue weighted by molar-refractivity contribution is 0.0251. The van der Waals surface area contributed by atoms with Crippen molar-refractivity contribution in [1.29, 1.82) is 0 Å². The van der Waals surface area contributed by atoms with Gasteiger partial charge in [0.1, 0.15) is 0 Å². The van der Waals surface area contributed by atoms with Gasteiger partial charge in [0.15, 0.2) is 0 Å². The van der Waals surface area contributed by atoms with E-state index in [4.69, 9.17) is 5.73 Å². The van der Waals surface area contributed by atoms with Crippen molar-refractivity contribution in [3.05, 3.63) is 35.9 Å². The van der Waals surface area contributed by atoms with Gasteiger partial charge in [0, 0.05) is 18.6 Å². The number of hydrogen-bond donors (Lipinski definition) is 2. The summed E-state index contributed by atoms with van der Waals surface area (Å²) in [6, 6.07) is 10.6. The van der Waals surface area contributed by atoms with Crippen molar-refractivity contribution in [2.75, 3.05) is 13.6 Å². The van der Waals surface area contributed by atoms with Crippen LogP contribution in [0.4, 0.5) is 0 Å². The lowest BCUT2D eigenvalue weighted by Crippen LogP contribution is -2.46. The van der Waals surface area contributed by atoms with Gasteiger partial charge < -0.3 is 15.7 Å². The fourth-order valence-electron chi connectivity index (χ4n) is 3.31. The molecule has 4 atom stereocenters. The van der Waals surface area contributed by atoms with E-state index < -0.39 is 0 Å². The molecule has 4 unspecified atom stereocenters. The summed E-state index contributed by atoms with van der Waals surface area (Å²) in [7, 11) is 2.12. The van der Waals surface area contributed by atoms with Crippen LogP contribution < -0.4 is 5.73 Å². The van der Waals surface area contributed by atoms with E-state index in [1.807, 2.05) is 18.2 Å². The summed E-state index contributed by atoms with van der Waals surface area (Å²) < 4.78 is 0. The zero-order valence-corrected chi connectivity index (χ0v) is 12.7. The van der Waals surface area contributed by atoms with Gasteiger partial charge in [-0.2, -0.15) is 0 Å². The van der Waals surface area contributed by atoms with Crippen LogP contribution in [-0.2, 0) is 0 Å². The van der Waals surface area contributed by atoms with Crippen LogP contribution in [0.5, 0.6) is 0 Å². The molecule has 0 spiro atoms. The topological polar surface area (TPSA) is 49.5 Å². The van der Waals surface area contributed by atoms with Gasteiger partial charge in [-0.15, -0.1) is 0 Å². The van der Waals surface area contributed by atoms with E-state index in [1.165, 1.54) is 12.0 Å². The number of aliphatic hydroxyl groups is 1. The predicted octanol–water partition coefficient (Wildman–Crippen LogP) is 2.56. The second-order valence-electron chi connectivity index (χ2n) is 6.27. The Morgan fingerprint density at radius 1 is 1.25 bits per heavy atom. The molecular formula is C17H28N2O. The monoisotopic (exact) mass is 276 g/mol. The standard InChI is InChI=1S/C17H28N2O/c1-13(17(18)14-8-4-3-5-9-14)12-19(2)15-10-6-7-11-16(15)20/h3-5,8-9,13,15-17,20H,6-7,10-12,18H2,1-2H3. The largest absolute Gasteiger partial charge is 0.391 e. The fraction of sp³-hybridized carbons (Fsp3) is 0.647. The Kier molecular flexibility index (Phi) is 5.58. The van der Waals surface area contributed by atoms with E-state index in [0.717, 1.165) is 25.8 Å². The van der Waals surface area contributed by atoms with Crippen LogP contribution in [0.3, 0.4) is 0 Å². The average Bonchev–Trinajstić information content (AvgIpc) is 2.47. The third kappa shape index (κ3) is 3.81. The summed E-state index contributed by atoms with van der Waals surface area (Å²) in [6.45, 7) is 3.13. The minimum Gasteiger partial charge on any atom is -0.391 e. The molecule has 1 aliphatic rings. The molecule has 0 heterocycles. The lowest BCUT2D eigenvalue weighted by Gasteiger charge is -2.37. The van der Waals surface area contributed by atoms with Gasteiger partial charge in [0.25, 0.3) is 0 Å². The maximum atomic E-state index is 10.1. The molecule has 2 rings (SSSR count). The Balaban J connectivity index is 1.91. The number of likely N-dealkylation sites (N-methyl/N-ethyl adjacent to an activating group) is 1. The summed E-state index contributed by atoms with van der Waals surface area (Å²) in [4.78, 5) is 2.30. The van der Waals surface area contributed by atoms with Crippen LogP contribution in [0.25, 0.3) is 0 Å². The van der Waals surface area contributed by atoms with Crippen molar-refractivity contribution >= 4 is 0 Å². The molecule has 112 valence electrons. The van der Waals surface area contributed by atoms with Crippen molar-refractivity contribution in [2.45, 2.75) is 50.8 Å². The minimum absolute atomic E-state index is 0.0550. The van der Waals surface area contributed by atoms with Crippen molar-refractivity contribution in [3.8, 4) is 0 Å². The van der Waals surface area contributed by atoms with Gasteiger partial charge in [0.05, 0.1) is 6.10 Å². The second-order valence-corrected chi connectivity index (χ2v) is 6.27. The molecule has 3 N–H and O–H groups in total. The van der Waals surface area contributed by atoms with E-state index >= 15 is 0 Å². The van der Waals surface area contributed by atoms with E-state index in [-0.39, 0.29) is 12.1 Å². The molecule has 0 saturated heterocycles. The predicted molar refractivity (Wildman–Crippen MR) is 83.4 cm³/mol. The van der Waals surface area contributed by atoms with Gasteiger partial charge in [-0.1, -0.05) is 50.1 Å². The molecule has 0 aromatic heterocycles. The fourth-order valence-corrected chi connectivity index (χ4v) is 3.31. The average molecular weight is 276 g/mol. The first-order valence-electron chi connectivity index (χ1n) is 7.78. The third-order valence-corrected chi connectivity index (χ3v) is 4.63. The first-order valence-corrected chi connectivity index (χ1v) is 7.78. The smallest absolute Gasteiger partial charge is 0.0695 e. The zero-order chi connectivity index (χ0) is 14.5. The summed E-state index contributed by atoms with van der Waals surface area (Å²) >= 11 is 0. The summed E-state index contributed by atoms with van der Waals surface area (Å²) in [5, 5.41) is 10.1. The Morgan fingerprint density at radius 2 is 1.90 bits per heavy atom. The molecule has 0 radical (unpaired) electrons. The van der Waals surface area contributed by atoms with E-state index in [1.54, 1.807) is 0 Å². The first kappa shape index (κ1) is 15.5. The number of hydrogen-bond acceptors (Lipinski definition) is 3. The first-order chi connectivity index (χ1) is 9.59. The van der Waals surface area contributed by atoms with Crippen LogP contribution in [0.15, 0.2) is 30.3 Å². The molecule has 1 aliphatic carbocycles. The Bertz CT molecular complexity index is 395. The molecule has 0 aliphatic heterocycles. The molecule has 0 bridgehead atoms. The number of rotatable bonds is 5. The zero-order valence-electron chi connectivity index (χ0n) is 12.7. The molecule has 1 aromatic rings. The SMILES string of the molecule is CC(CN(C)C1CCCCC1O)C(N)c1ccccc1. The second kappa shape index (κ2) is 7.21. The molecule has 20 heavy (non-hydrogen) atoms. The van der Waals surface area contributed by atoms with E-state index in [2.05, 4.69) is 31.0 Å². The normalized spacial score (nSPS) is 26.4. The maximum absolute atomic E-state index is 10.1. The quantitative estimate of drug-likeness (QED) is 0.869. The Hall–Kier alpha value is -0.900. The lowest BCUT2D eigenvalue weighted by atomic mass is 9.89. The Morgan fingerprint density at radius 3 is 2.55 bits per heavy atom. The highest BCUT2D eigenvalue weighted by Crippen LogP contribution is 2.25. The van der Waals surface area contributed by atoms with Crippen LogP contribution in [0.2, 0.25) is 0 Å². The molecule has 1 saturated carbocycles. The highest BCUT2D eigenvalue weighted by Gasteiger charge is 2.28. The van der Waals surface area contributed by atoms with Gasteiger partial charge in [-0.25, -0.2) is 0 Å². The number of nitrogens with zero attached hydrogens (tertiary/aromatic N) is 1. The third-order valence-electron chi connectivity index (χ3n) is 4.63. The number of aliphatic hydroxyl groups excluding tert-OH is 1. The van der Waals surface area contributed by atoms with Crippen LogP contribution in [0, 0.1) is 5.92 Å². The Labute approximate surface area is 122 Å². The van der Waals surface area contributed by atoms with Gasteiger partial charge >= 0.3 is 0 Å². The van der Waals surface area contributed by atoms with Gasteiger partial charge in [-0.05, 0) is 31.4 Å². The van der Waals surface area contributed by atoms with Crippen molar-refractivity contribution < 1.29 is 5.11 Å². The minimum atomic E-state index is -0.172. The van der Waals surface area contributed by atoms with Crippen LogP contribution >= 0.6 is 0 Å². The van der Waals surface area contributed by atoms with Crippen molar-refractivity contribution in [2.24, 2.45) is 11.7 Å². The maximum Gasteiger partial charge on any atom is 0.0695 e. The molecule has 1 aromatic carbocycles. The molecule has 1 fully saturated rings. The summed E-state index contributed by atoms with van der Waals surface area (Å²) in [5.74, 6) is 0.372. The number of benzene rings is 1. The van der Waals surface area contributed by atoms with Gasteiger partial charge in [0.2, 0.25) is 0 Å². The van der Waals surface area contributed by atoms with Crippen LogP contribution in [-0.4, -0.2) is 35.7 Å². The molecular weight excluding hydrogens is 248 g/mol. The molecule has 0 amide bonds. The highest BCUT2D eigenvalue weighted by atomic mass is 16.3. The van der Waals surface area contributed by atoms with E-state index in [9.17, 15) is 5.11 Å². The van der Waals surface area contributed by atoms with Crippen molar-refractivity contribution in [3.63, 3.8) is 0 Å². The van der Waals surface area contributed by atoms with Crippen molar-refractivity contribution in [1.82, 2.24) is 4.90 Å².